The minimum Gasteiger partial charge on any atom is -1.00 e. The molecule has 0 aliphatic rings. The lowest BCUT2D eigenvalue weighted by atomic mass is 9.99. The first-order chi connectivity index (χ1) is 17.0. The van der Waals surface area contributed by atoms with Crippen molar-refractivity contribution in [3.63, 3.8) is 0 Å². The summed E-state index contributed by atoms with van der Waals surface area (Å²) in [4.78, 5) is 12.9. The van der Waals surface area contributed by atoms with Crippen LogP contribution in [0, 0.1) is 6.92 Å². The second kappa shape index (κ2) is 11.6. The second-order valence-electron chi connectivity index (χ2n) is 7.97. The van der Waals surface area contributed by atoms with Gasteiger partial charge in [-0.15, -0.1) is 0 Å². The van der Waals surface area contributed by atoms with Crippen LogP contribution in [0.5, 0.6) is 17.2 Å². The fraction of sp³-hybridized carbons (Fsp3) is 0.185. The number of rotatable bonds is 8. The summed E-state index contributed by atoms with van der Waals surface area (Å²) in [6.45, 7) is 1.94. The number of anilines is 1. The normalized spacial score (nSPS) is 11.2. The summed E-state index contributed by atoms with van der Waals surface area (Å²) in [7, 11) is 4.75. The average molecular weight is 510 g/mol. The first-order valence-electron chi connectivity index (χ1n) is 11.0. The third kappa shape index (κ3) is 5.30. The molecule has 0 saturated carbocycles. The Morgan fingerprint density at radius 2 is 1.67 bits per heavy atom. The zero-order chi connectivity index (χ0) is 24.9. The van der Waals surface area contributed by atoms with Crippen molar-refractivity contribution in [2.75, 3.05) is 26.6 Å². The van der Waals surface area contributed by atoms with Gasteiger partial charge in [0.1, 0.15) is 17.7 Å². The molecule has 9 heteroatoms. The summed E-state index contributed by atoms with van der Waals surface area (Å²) in [6.07, 6.45) is 1.57. The van der Waals surface area contributed by atoms with E-state index in [-0.39, 0.29) is 18.3 Å². The molecule has 0 spiro atoms. The van der Waals surface area contributed by atoms with E-state index in [1.165, 1.54) is 0 Å². The van der Waals surface area contributed by atoms with Crippen molar-refractivity contribution in [1.29, 1.82) is 0 Å². The molecule has 0 bridgehead atoms. The standard InChI is InChI=1S/C27H27N3O5.ClH/c1-16-12-19(14-23(33-3)26(16)34-4)25-20(15-35-30-25)18-10-11-22(32-2)21(13-18)29-27(31)24(28)17-8-6-5-7-9-17;/h5-15,24H,28H2,1-4H3,(H,29,31);1H. The van der Waals surface area contributed by atoms with Gasteiger partial charge in [0, 0.05) is 16.7 Å². The van der Waals surface area contributed by atoms with Crippen LogP contribution in [0.2, 0.25) is 0 Å². The van der Waals surface area contributed by atoms with Crippen LogP contribution in [0.25, 0.3) is 22.4 Å². The quantitative estimate of drug-likeness (QED) is 0.370. The topological polar surface area (TPSA) is 110 Å². The smallest absolute Gasteiger partial charge is 0.287 e. The maximum Gasteiger partial charge on any atom is 0.287 e. The number of carbonyl (C=O) groups excluding carboxylic acids is 1. The molecule has 188 valence electrons. The molecular weight excluding hydrogens is 482 g/mol. The van der Waals surface area contributed by atoms with Crippen molar-refractivity contribution in [1.82, 2.24) is 5.16 Å². The number of aromatic nitrogens is 1. The van der Waals surface area contributed by atoms with Gasteiger partial charge in [0.05, 0.1) is 27.0 Å². The number of nitrogens with zero attached hydrogens (tertiary/aromatic N) is 1. The highest BCUT2D eigenvalue weighted by Crippen LogP contribution is 2.40. The van der Waals surface area contributed by atoms with Gasteiger partial charge < -0.3 is 42.2 Å². The van der Waals surface area contributed by atoms with Gasteiger partial charge in [0.2, 0.25) is 0 Å². The molecule has 4 aromatic rings. The molecule has 1 heterocycles. The Labute approximate surface area is 215 Å². The highest BCUT2D eigenvalue weighted by molar-refractivity contribution is 5.97. The van der Waals surface area contributed by atoms with Gasteiger partial charge in [-0.1, -0.05) is 41.6 Å². The van der Waals surface area contributed by atoms with Gasteiger partial charge in [-0.2, -0.15) is 0 Å². The first-order valence-corrected chi connectivity index (χ1v) is 11.0. The monoisotopic (exact) mass is 509 g/mol. The molecule has 8 nitrogen and oxygen atoms in total. The fourth-order valence-electron chi connectivity index (χ4n) is 3.97. The highest BCUT2D eigenvalue weighted by atomic mass is 35.5. The second-order valence-corrected chi connectivity index (χ2v) is 7.97. The number of quaternary nitrogens is 1. The third-order valence-electron chi connectivity index (χ3n) is 5.79. The van der Waals surface area contributed by atoms with Crippen molar-refractivity contribution in [3.8, 4) is 39.6 Å². The zero-order valence-electron chi connectivity index (χ0n) is 20.5. The zero-order valence-corrected chi connectivity index (χ0v) is 21.3. The summed E-state index contributed by atoms with van der Waals surface area (Å²) < 4.78 is 21.8. The summed E-state index contributed by atoms with van der Waals surface area (Å²) in [5.74, 6) is 1.55. The highest BCUT2D eigenvalue weighted by Gasteiger charge is 2.22. The molecule has 4 rings (SSSR count). The van der Waals surface area contributed by atoms with E-state index in [2.05, 4.69) is 16.2 Å². The number of methoxy groups -OCH3 is 3. The van der Waals surface area contributed by atoms with Crippen LogP contribution in [-0.4, -0.2) is 32.4 Å². The van der Waals surface area contributed by atoms with Gasteiger partial charge >= 0.3 is 0 Å². The van der Waals surface area contributed by atoms with Crippen molar-refractivity contribution in [2.45, 2.75) is 13.0 Å². The van der Waals surface area contributed by atoms with E-state index in [1.54, 1.807) is 33.7 Å². The average Bonchev–Trinajstić information content (AvgIpc) is 3.38. The predicted molar refractivity (Wildman–Crippen MR) is 132 cm³/mol. The summed E-state index contributed by atoms with van der Waals surface area (Å²) in [6, 6.07) is 18.2. The van der Waals surface area contributed by atoms with Crippen LogP contribution >= 0.6 is 0 Å². The molecule has 0 aliphatic carbocycles. The lowest BCUT2D eigenvalue weighted by Gasteiger charge is -2.15. The molecule has 0 saturated heterocycles. The molecule has 4 N–H and O–H groups in total. The summed E-state index contributed by atoms with van der Waals surface area (Å²) in [5.41, 5.74) is 9.27. The molecule has 0 radical (unpaired) electrons. The van der Waals surface area contributed by atoms with Crippen molar-refractivity contribution >= 4 is 11.6 Å². The Bertz CT molecular complexity index is 1340. The van der Waals surface area contributed by atoms with E-state index in [4.69, 9.17) is 18.7 Å². The Balaban J connectivity index is 0.00000361. The number of nitrogens with one attached hydrogen (secondary N) is 1. The van der Waals surface area contributed by atoms with Crippen LogP contribution in [-0.2, 0) is 4.79 Å². The Hall–Kier alpha value is -4.01. The van der Waals surface area contributed by atoms with Gasteiger partial charge in [0.25, 0.3) is 5.91 Å². The molecule has 1 unspecified atom stereocenters. The largest absolute Gasteiger partial charge is 1.00 e. The van der Waals surface area contributed by atoms with E-state index in [1.807, 2.05) is 61.5 Å². The minimum atomic E-state index is -0.578. The molecule has 3 aromatic carbocycles. The van der Waals surface area contributed by atoms with E-state index in [0.29, 0.717) is 28.6 Å². The van der Waals surface area contributed by atoms with Gasteiger partial charge in [-0.3, -0.25) is 4.79 Å². The number of aryl methyl sites for hydroxylation is 1. The van der Waals surface area contributed by atoms with Crippen LogP contribution < -0.4 is 37.7 Å². The Kier molecular flexibility index (Phi) is 8.58. The molecule has 0 aliphatic heterocycles. The maximum atomic E-state index is 12.9. The molecular formula is C27H28ClN3O5. The van der Waals surface area contributed by atoms with E-state index < -0.39 is 6.04 Å². The van der Waals surface area contributed by atoms with Crippen LogP contribution in [0.4, 0.5) is 5.69 Å². The number of hydrogen-bond acceptors (Lipinski definition) is 6. The van der Waals surface area contributed by atoms with Crippen molar-refractivity contribution < 1.29 is 41.7 Å². The molecule has 1 atom stereocenters. The van der Waals surface area contributed by atoms with Crippen LogP contribution in [0.15, 0.2) is 71.4 Å². The Morgan fingerprint density at radius 3 is 2.33 bits per heavy atom. The number of benzene rings is 3. The van der Waals surface area contributed by atoms with E-state index in [9.17, 15) is 4.79 Å². The number of carbonyl (C=O) groups is 1. The molecule has 1 amide bonds. The maximum absolute atomic E-state index is 12.9. The summed E-state index contributed by atoms with van der Waals surface area (Å²) >= 11 is 0. The third-order valence-corrected chi connectivity index (χ3v) is 5.79. The molecule has 0 fully saturated rings. The first kappa shape index (κ1) is 26.6. The van der Waals surface area contributed by atoms with Gasteiger partial charge in [-0.05, 0) is 42.3 Å². The predicted octanol–water partition coefficient (Wildman–Crippen LogP) is 1.27. The molecule has 1 aromatic heterocycles. The fourth-order valence-corrected chi connectivity index (χ4v) is 3.97. The van der Waals surface area contributed by atoms with Gasteiger partial charge in [0.15, 0.2) is 17.5 Å². The number of hydrogen-bond donors (Lipinski definition) is 2. The number of ether oxygens (including phenoxy) is 3. The van der Waals surface area contributed by atoms with E-state index in [0.717, 1.165) is 27.8 Å². The number of amides is 1. The Morgan fingerprint density at radius 1 is 0.944 bits per heavy atom. The number of halogens is 1. The van der Waals surface area contributed by atoms with Crippen LogP contribution in [0.1, 0.15) is 17.2 Å². The SMILES string of the molecule is COc1ccc(-c2conc2-c2cc(C)c(OC)c(OC)c2)cc1NC(=O)C([NH3+])c1ccccc1.[Cl-]. The van der Waals surface area contributed by atoms with Gasteiger partial charge in [-0.25, -0.2) is 0 Å². The summed E-state index contributed by atoms with van der Waals surface area (Å²) in [5, 5.41) is 7.19. The van der Waals surface area contributed by atoms with Crippen molar-refractivity contribution in [2.24, 2.45) is 0 Å². The lowest BCUT2D eigenvalue weighted by Crippen LogP contribution is -3.00. The molecule has 36 heavy (non-hydrogen) atoms. The van der Waals surface area contributed by atoms with Crippen molar-refractivity contribution in [3.05, 3.63) is 78.1 Å². The lowest BCUT2D eigenvalue weighted by molar-refractivity contribution is -0.408. The van der Waals surface area contributed by atoms with E-state index >= 15 is 0 Å². The minimum absolute atomic E-state index is 0. The van der Waals surface area contributed by atoms with Crippen LogP contribution in [0.3, 0.4) is 0 Å².